The molecule has 0 radical (unpaired) electrons. The number of aliphatic hydroxyl groups is 1. The number of ether oxygens (including phenoxy) is 1. The molecule has 2 rings (SSSR count). The third kappa shape index (κ3) is 3.02. The fourth-order valence-corrected chi connectivity index (χ4v) is 2.53. The minimum absolute atomic E-state index is 0.596. The van der Waals surface area contributed by atoms with Crippen molar-refractivity contribution in [3.63, 3.8) is 0 Å². The Labute approximate surface area is 121 Å². The van der Waals surface area contributed by atoms with E-state index in [1.165, 1.54) is 16.7 Å². The highest BCUT2D eigenvalue weighted by Gasteiger charge is 2.25. The molecule has 20 heavy (non-hydrogen) atoms. The van der Waals surface area contributed by atoms with Crippen molar-refractivity contribution < 1.29 is 9.84 Å². The van der Waals surface area contributed by atoms with Crippen molar-refractivity contribution in [1.82, 2.24) is 0 Å². The highest BCUT2D eigenvalue weighted by molar-refractivity contribution is 5.38. The van der Waals surface area contributed by atoms with Gasteiger partial charge < -0.3 is 9.84 Å². The molecule has 2 aromatic rings. The molecular formula is C18H22O2. The predicted octanol–water partition coefficient (Wildman–Crippen LogP) is 3.76. The van der Waals surface area contributed by atoms with E-state index in [0.29, 0.717) is 6.42 Å². The van der Waals surface area contributed by atoms with E-state index in [-0.39, 0.29) is 0 Å². The summed E-state index contributed by atoms with van der Waals surface area (Å²) in [4.78, 5) is 0. The largest absolute Gasteiger partial charge is 0.497 e. The van der Waals surface area contributed by atoms with E-state index in [1.807, 2.05) is 31.2 Å². The van der Waals surface area contributed by atoms with Gasteiger partial charge in [0, 0.05) is 6.42 Å². The molecule has 2 aromatic carbocycles. The summed E-state index contributed by atoms with van der Waals surface area (Å²) in [6, 6.07) is 13.9. The van der Waals surface area contributed by atoms with Crippen LogP contribution in [0.25, 0.3) is 0 Å². The second-order valence-electron chi connectivity index (χ2n) is 5.55. The van der Waals surface area contributed by atoms with Crippen LogP contribution in [0.15, 0.2) is 42.5 Å². The fourth-order valence-electron chi connectivity index (χ4n) is 2.53. The Morgan fingerprint density at radius 1 is 1.05 bits per heavy atom. The molecule has 1 unspecified atom stereocenters. The molecule has 0 amide bonds. The van der Waals surface area contributed by atoms with E-state index >= 15 is 0 Å². The second-order valence-corrected chi connectivity index (χ2v) is 5.55. The Hall–Kier alpha value is -1.80. The zero-order valence-corrected chi connectivity index (χ0v) is 12.6. The summed E-state index contributed by atoms with van der Waals surface area (Å²) in [6.07, 6.45) is 0.596. The summed E-state index contributed by atoms with van der Waals surface area (Å²) < 4.78 is 5.24. The summed E-state index contributed by atoms with van der Waals surface area (Å²) in [5.74, 6) is 0.768. The lowest BCUT2D eigenvalue weighted by molar-refractivity contribution is 0.0570. The molecule has 0 saturated carbocycles. The van der Waals surface area contributed by atoms with Gasteiger partial charge in [0.1, 0.15) is 5.75 Å². The Morgan fingerprint density at radius 2 is 1.65 bits per heavy atom. The van der Waals surface area contributed by atoms with Crippen LogP contribution in [-0.2, 0) is 12.0 Å². The Balaban J connectivity index is 2.35. The first-order valence-electron chi connectivity index (χ1n) is 6.86. The molecule has 0 heterocycles. The molecule has 0 aromatic heterocycles. The van der Waals surface area contributed by atoms with Gasteiger partial charge in [-0.1, -0.05) is 30.3 Å². The van der Waals surface area contributed by atoms with E-state index in [2.05, 4.69) is 32.0 Å². The normalized spacial score (nSPS) is 13.8. The van der Waals surface area contributed by atoms with E-state index in [4.69, 9.17) is 4.74 Å². The van der Waals surface area contributed by atoms with E-state index in [9.17, 15) is 5.11 Å². The lowest BCUT2D eigenvalue weighted by Crippen LogP contribution is -2.25. The maximum absolute atomic E-state index is 10.9. The minimum atomic E-state index is -0.911. The smallest absolute Gasteiger partial charge is 0.119 e. The van der Waals surface area contributed by atoms with Crippen LogP contribution in [0.5, 0.6) is 5.75 Å². The van der Waals surface area contributed by atoms with E-state index < -0.39 is 5.60 Å². The summed E-state index contributed by atoms with van der Waals surface area (Å²) >= 11 is 0. The second kappa shape index (κ2) is 5.68. The van der Waals surface area contributed by atoms with E-state index in [0.717, 1.165) is 11.3 Å². The Kier molecular flexibility index (Phi) is 4.15. The maximum atomic E-state index is 10.9. The van der Waals surface area contributed by atoms with Gasteiger partial charge in [-0.3, -0.25) is 0 Å². The van der Waals surface area contributed by atoms with Crippen molar-refractivity contribution in [3.8, 4) is 5.75 Å². The quantitative estimate of drug-likeness (QED) is 0.916. The zero-order chi connectivity index (χ0) is 14.8. The van der Waals surface area contributed by atoms with Gasteiger partial charge in [-0.25, -0.2) is 0 Å². The van der Waals surface area contributed by atoms with Crippen LogP contribution in [0.4, 0.5) is 0 Å². The molecule has 2 nitrogen and oxygen atoms in total. The SMILES string of the molecule is COc1cccc(C(C)(O)Cc2c(C)cccc2C)c1. The highest BCUT2D eigenvalue weighted by Crippen LogP contribution is 2.30. The summed E-state index contributed by atoms with van der Waals surface area (Å²) in [7, 11) is 1.64. The Bertz CT molecular complexity index is 580. The summed E-state index contributed by atoms with van der Waals surface area (Å²) in [5, 5.41) is 10.9. The first kappa shape index (κ1) is 14.6. The van der Waals surface area contributed by atoms with Crippen LogP contribution < -0.4 is 4.74 Å². The number of methoxy groups -OCH3 is 1. The average molecular weight is 270 g/mol. The number of rotatable bonds is 4. The predicted molar refractivity (Wildman–Crippen MR) is 82.2 cm³/mol. The van der Waals surface area contributed by atoms with Crippen LogP contribution in [0.2, 0.25) is 0 Å². The van der Waals surface area contributed by atoms with Gasteiger partial charge in [0.05, 0.1) is 12.7 Å². The van der Waals surface area contributed by atoms with Crippen molar-refractivity contribution >= 4 is 0 Å². The first-order valence-corrected chi connectivity index (χ1v) is 6.86. The van der Waals surface area contributed by atoms with Gasteiger partial charge in [-0.15, -0.1) is 0 Å². The van der Waals surface area contributed by atoms with Gasteiger partial charge in [0.2, 0.25) is 0 Å². The van der Waals surface area contributed by atoms with Crippen molar-refractivity contribution in [2.24, 2.45) is 0 Å². The summed E-state index contributed by atoms with van der Waals surface area (Å²) in [5.41, 5.74) is 3.60. The number of hydrogen-bond acceptors (Lipinski definition) is 2. The minimum Gasteiger partial charge on any atom is -0.497 e. The molecule has 0 saturated heterocycles. The monoisotopic (exact) mass is 270 g/mol. The number of hydrogen-bond donors (Lipinski definition) is 1. The van der Waals surface area contributed by atoms with Crippen LogP contribution in [-0.4, -0.2) is 12.2 Å². The maximum Gasteiger partial charge on any atom is 0.119 e. The van der Waals surface area contributed by atoms with Crippen molar-refractivity contribution in [2.75, 3.05) is 7.11 Å². The Morgan fingerprint density at radius 3 is 2.25 bits per heavy atom. The van der Waals surface area contributed by atoms with Gasteiger partial charge >= 0.3 is 0 Å². The van der Waals surface area contributed by atoms with Gasteiger partial charge in [0.15, 0.2) is 0 Å². The topological polar surface area (TPSA) is 29.5 Å². The fraction of sp³-hybridized carbons (Fsp3) is 0.333. The highest BCUT2D eigenvalue weighted by atomic mass is 16.5. The standard InChI is InChI=1S/C18H22O2/c1-13-7-5-8-14(2)17(13)12-18(3,19)15-9-6-10-16(11-15)20-4/h5-11,19H,12H2,1-4H3. The molecule has 1 atom stereocenters. The van der Waals surface area contributed by atoms with Crippen molar-refractivity contribution in [3.05, 3.63) is 64.7 Å². The lowest BCUT2D eigenvalue weighted by Gasteiger charge is -2.26. The van der Waals surface area contributed by atoms with Gasteiger partial charge in [-0.2, -0.15) is 0 Å². The molecule has 0 bridgehead atoms. The van der Waals surface area contributed by atoms with Gasteiger partial charge in [-0.05, 0) is 55.2 Å². The first-order chi connectivity index (χ1) is 9.44. The van der Waals surface area contributed by atoms with Crippen LogP contribution in [0.3, 0.4) is 0 Å². The molecule has 106 valence electrons. The van der Waals surface area contributed by atoms with E-state index in [1.54, 1.807) is 7.11 Å². The van der Waals surface area contributed by atoms with Crippen LogP contribution in [0.1, 0.15) is 29.2 Å². The third-order valence-electron chi connectivity index (χ3n) is 3.86. The molecule has 0 aliphatic carbocycles. The van der Waals surface area contributed by atoms with Crippen molar-refractivity contribution in [1.29, 1.82) is 0 Å². The van der Waals surface area contributed by atoms with Crippen LogP contribution in [0, 0.1) is 13.8 Å². The van der Waals surface area contributed by atoms with Crippen molar-refractivity contribution in [2.45, 2.75) is 32.8 Å². The zero-order valence-electron chi connectivity index (χ0n) is 12.6. The number of benzene rings is 2. The van der Waals surface area contributed by atoms with Gasteiger partial charge in [0.25, 0.3) is 0 Å². The average Bonchev–Trinajstić information content (AvgIpc) is 2.43. The summed E-state index contributed by atoms with van der Waals surface area (Å²) in [6.45, 7) is 6.03. The lowest BCUT2D eigenvalue weighted by atomic mass is 9.86. The molecule has 0 aliphatic heterocycles. The number of aryl methyl sites for hydroxylation is 2. The molecule has 2 heteroatoms. The van der Waals surface area contributed by atoms with Crippen LogP contribution >= 0.6 is 0 Å². The molecule has 0 spiro atoms. The molecule has 0 aliphatic rings. The molecular weight excluding hydrogens is 248 g/mol. The third-order valence-corrected chi connectivity index (χ3v) is 3.86. The molecule has 0 fully saturated rings. The molecule has 1 N–H and O–H groups in total.